The standard InChI is InChI=1S/C21H21ClN6O2/c22-16-4-1-3-15(13-16)19-18-17(25-21-23-14-24-28(19)21)5-8-27(20(18)29)7-2-6-26-9-11-30-12-10-26/h1,3-5,8,13-14H,2,6-7,9-12H2. The van der Waals surface area contributed by atoms with E-state index in [9.17, 15) is 4.79 Å². The van der Waals surface area contributed by atoms with Crippen molar-refractivity contribution in [1.29, 1.82) is 0 Å². The second kappa shape index (κ2) is 8.14. The number of benzene rings is 1. The molecule has 0 radical (unpaired) electrons. The summed E-state index contributed by atoms with van der Waals surface area (Å²) in [6.45, 7) is 5.02. The van der Waals surface area contributed by atoms with Crippen molar-refractivity contribution in [2.75, 3.05) is 32.8 Å². The fourth-order valence-corrected chi connectivity index (χ4v) is 4.12. The zero-order valence-corrected chi connectivity index (χ0v) is 17.1. The number of aryl methyl sites for hydroxylation is 1. The molecule has 4 heterocycles. The second-order valence-electron chi connectivity index (χ2n) is 7.32. The van der Waals surface area contributed by atoms with Gasteiger partial charge >= 0.3 is 0 Å². The highest BCUT2D eigenvalue weighted by atomic mass is 35.5. The average molecular weight is 425 g/mol. The monoisotopic (exact) mass is 424 g/mol. The third-order valence-electron chi connectivity index (χ3n) is 5.42. The fourth-order valence-electron chi connectivity index (χ4n) is 3.93. The molecule has 1 aliphatic rings. The van der Waals surface area contributed by atoms with E-state index in [1.807, 2.05) is 30.5 Å². The van der Waals surface area contributed by atoms with Crippen molar-refractivity contribution in [1.82, 2.24) is 29.0 Å². The van der Waals surface area contributed by atoms with Crippen molar-refractivity contribution in [3.05, 3.63) is 58.2 Å². The molecule has 30 heavy (non-hydrogen) atoms. The molecule has 0 bridgehead atoms. The summed E-state index contributed by atoms with van der Waals surface area (Å²) in [5, 5.41) is 5.41. The molecule has 1 saturated heterocycles. The lowest BCUT2D eigenvalue weighted by Crippen LogP contribution is -2.37. The van der Waals surface area contributed by atoms with Gasteiger partial charge in [-0.2, -0.15) is 14.6 Å². The van der Waals surface area contributed by atoms with Gasteiger partial charge < -0.3 is 9.30 Å². The average Bonchev–Trinajstić information content (AvgIpc) is 3.23. The molecule has 0 atom stereocenters. The Hall–Kier alpha value is -2.81. The van der Waals surface area contributed by atoms with Crippen LogP contribution in [0.5, 0.6) is 0 Å². The maximum Gasteiger partial charge on any atom is 0.262 e. The Kier molecular flexibility index (Phi) is 5.20. The summed E-state index contributed by atoms with van der Waals surface area (Å²) in [5.74, 6) is 0.446. The van der Waals surface area contributed by atoms with Crippen molar-refractivity contribution in [3.8, 4) is 11.3 Å². The summed E-state index contributed by atoms with van der Waals surface area (Å²) in [6.07, 6.45) is 4.14. The van der Waals surface area contributed by atoms with Crippen LogP contribution in [-0.4, -0.2) is 61.9 Å². The molecule has 0 unspecified atom stereocenters. The van der Waals surface area contributed by atoms with Crippen LogP contribution in [0.2, 0.25) is 5.02 Å². The van der Waals surface area contributed by atoms with Crippen LogP contribution >= 0.6 is 11.6 Å². The number of ether oxygens (including phenoxy) is 1. The smallest absolute Gasteiger partial charge is 0.262 e. The Morgan fingerprint density at radius 3 is 2.83 bits per heavy atom. The summed E-state index contributed by atoms with van der Waals surface area (Å²) in [4.78, 5) is 24.6. The van der Waals surface area contributed by atoms with E-state index in [1.54, 1.807) is 15.1 Å². The molecule has 9 heteroatoms. The number of hydrogen-bond donors (Lipinski definition) is 0. The molecular formula is C21H21ClN6O2. The number of rotatable bonds is 5. The van der Waals surface area contributed by atoms with Crippen molar-refractivity contribution in [3.63, 3.8) is 0 Å². The third-order valence-corrected chi connectivity index (χ3v) is 5.65. The molecule has 3 aromatic heterocycles. The van der Waals surface area contributed by atoms with E-state index in [0.717, 1.165) is 44.8 Å². The quantitative estimate of drug-likeness (QED) is 0.490. The summed E-state index contributed by atoms with van der Waals surface area (Å²) in [5.41, 5.74) is 1.96. The SMILES string of the molecule is O=c1c2c(-c3cccc(Cl)c3)n3ncnc3nc2ccn1CCCN1CCOCC1. The normalized spacial score (nSPS) is 15.2. The molecule has 5 rings (SSSR count). The van der Waals surface area contributed by atoms with E-state index in [0.29, 0.717) is 33.9 Å². The first-order valence-corrected chi connectivity index (χ1v) is 10.4. The first-order chi connectivity index (χ1) is 14.7. The third kappa shape index (κ3) is 3.58. The van der Waals surface area contributed by atoms with Crippen molar-refractivity contribution in [2.45, 2.75) is 13.0 Å². The largest absolute Gasteiger partial charge is 0.379 e. The zero-order valence-electron chi connectivity index (χ0n) is 16.4. The molecule has 0 spiro atoms. The Balaban J connectivity index is 1.57. The highest BCUT2D eigenvalue weighted by molar-refractivity contribution is 6.30. The second-order valence-corrected chi connectivity index (χ2v) is 7.76. The van der Waals surface area contributed by atoms with E-state index in [4.69, 9.17) is 16.3 Å². The molecular weight excluding hydrogens is 404 g/mol. The summed E-state index contributed by atoms with van der Waals surface area (Å²) < 4.78 is 8.75. The van der Waals surface area contributed by atoms with Crippen LogP contribution in [0, 0.1) is 0 Å². The van der Waals surface area contributed by atoms with Crippen LogP contribution in [0.15, 0.2) is 47.7 Å². The highest BCUT2D eigenvalue weighted by Crippen LogP contribution is 2.27. The predicted octanol–water partition coefficient (Wildman–Crippen LogP) is 2.48. The van der Waals surface area contributed by atoms with Crippen LogP contribution < -0.4 is 5.56 Å². The van der Waals surface area contributed by atoms with Crippen LogP contribution in [0.25, 0.3) is 27.9 Å². The van der Waals surface area contributed by atoms with E-state index in [-0.39, 0.29) is 5.56 Å². The van der Waals surface area contributed by atoms with Crippen LogP contribution in [0.3, 0.4) is 0 Å². The molecule has 1 aliphatic heterocycles. The van der Waals surface area contributed by atoms with E-state index < -0.39 is 0 Å². The number of halogens is 1. The molecule has 1 aromatic carbocycles. The predicted molar refractivity (Wildman–Crippen MR) is 115 cm³/mol. The van der Waals surface area contributed by atoms with Gasteiger partial charge in [0.2, 0.25) is 0 Å². The van der Waals surface area contributed by atoms with Gasteiger partial charge in [0, 0.05) is 43.0 Å². The molecule has 1 fully saturated rings. The molecule has 4 aromatic rings. The Morgan fingerprint density at radius 2 is 2.00 bits per heavy atom. The first-order valence-electron chi connectivity index (χ1n) is 9.99. The van der Waals surface area contributed by atoms with E-state index in [2.05, 4.69) is 20.0 Å². The number of fused-ring (bicyclic) bond motifs is 2. The number of aromatic nitrogens is 5. The van der Waals surface area contributed by atoms with Gasteiger partial charge in [-0.05, 0) is 24.6 Å². The van der Waals surface area contributed by atoms with E-state index >= 15 is 0 Å². The summed E-state index contributed by atoms with van der Waals surface area (Å²) >= 11 is 6.23. The highest BCUT2D eigenvalue weighted by Gasteiger charge is 2.17. The first kappa shape index (κ1) is 19.2. The molecule has 154 valence electrons. The Labute approximate surface area is 177 Å². The minimum absolute atomic E-state index is 0.0886. The Bertz CT molecular complexity index is 1260. The molecule has 0 aliphatic carbocycles. The van der Waals surface area contributed by atoms with Crippen LogP contribution in [0.1, 0.15) is 6.42 Å². The number of nitrogens with zero attached hydrogens (tertiary/aromatic N) is 6. The van der Waals surface area contributed by atoms with Crippen molar-refractivity contribution < 1.29 is 4.74 Å². The lowest BCUT2D eigenvalue weighted by atomic mass is 10.1. The minimum Gasteiger partial charge on any atom is -0.379 e. The van der Waals surface area contributed by atoms with Gasteiger partial charge in [0.05, 0.1) is 29.8 Å². The van der Waals surface area contributed by atoms with Gasteiger partial charge in [0.1, 0.15) is 6.33 Å². The number of morpholine rings is 1. The van der Waals surface area contributed by atoms with Crippen molar-refractivity contribution >= 4 is 28.3 Å². The lowest BCUT2D eigenvalue weighted by Gasteiger charge is -2.26. The zero-order chi connectivity index (χ0) is 20.5. The van der Waals surface area contributed by atoms with E-state index in [1.165, 1.54) is 6.33 Å². The number of hydrogen-bond acceptors (Lipinski definition) is 6. The van der Waals surface area contributed by atoms with Gasteiger partial charge in [-0.3, -0.25) is 9.69 Å². The van der Waals surface area contributed by atoms with Gasteiger partial charge in [-0.1, -0.05) is 23.7 Å². The molecule has 0 saturated carbocycles. The molecule has 0 N–H and O–H groups in total. The maximum atomic E-state index is 13.5. The Morgan fingerprint density at radius 1 is 1.13 bits per heavy atom. The number of pyridine rings is 1. The topological polar surface area (TPSA) is 77.6 Å². The van der Waals surface area contributed by atoms with Gasteiger partial charge in [0.15, 0.2) is 0 Å². The molecule has 8 nitrogen and oxygen atoms in total. The van der Waals surface area contributed by atoms with Gasteiger partial charge in [-0.15, -0.1) is 0 Å². The fraction of sp³-hybridized carbons (Fsp3) is 0.333. The van der Waals surface area contributed by atoms with Crippen LogP contribution in [-0.2, 0) is 11.3 Å². The lowest BCUT2D eigenvalue weighted by molar-refractivity contribution is 0.0369. The van der Waals surface area contributed by atoms with Crippen molar-refractivity contribution in [2.24, 2.45) is 0 Å². The van der Waals surface area contributed by atoms with Gasteiger partial charge in [0.25, 0.3) is 11.3 Å². The summed E-state index contributed by atoms with van der Waals surface area (Å²) in [6, 6.07) is 9.27. The maximum absolute atomic E-state index is 13.5. The van der Waals surface area contributed by atoms with Gasteiger partial charge in [-0.25, -0.2) is 4.98 Å². The molecule has 0 amide bonds. The summed E-state index contributed by atoms with van der Waals surface area (Å²) in [7, 11) is 0. The minimum atomic E-state index is -0.0886. The van der Waals surface area contributed by atoms with Crippen LogP contribution in [0.4, 0.5) is 0 Å².